The average Bonchev–Trinajstić information content (AvgIpc) is 2.84. The molecule has 0 unspecified atom stereocenters. The van der Waals surface area contributed by atoms with E-state index >= 15 is 0 Å². The Morgan fingerprint density at radius 1 is 1.30 bits per heavy atom. The van der Waals surface area contributed by atoms with Gasteiger partial charge in [0.1, 0.15) is 5.82 Å². The van der Waals surface area contributed by atoms with Crippen LogP contribution in [0.5, 0.6) is 0 Å². The fraction of sp³-hybridized carbons (Fsp3) is 0.643. The van der Waals surface area contributed by atoms with Crippen LogP contribution in [0.2, 0.25) is 0 Å². The summed E-state index contributed by atoms with van der Waals surface area (Å²) in [6.07, 6.45) is 8.19. The summed E-state index contributed by atoms with van der Waals surface area (Å²) in [4.78, 5) is 6.91. The molecule has 6 heteroatoms. The van der Waals surface area contributed by atoms with Crippen LogP contribution in [0.1, 0.15) is 38.4 Å². The number of rotatable bonds is 3. The third-order valence-corrected chi connectivity index (χ3v) is 4.27. The molecule has 2 aromatic heterocycles. The van der Waals surface area contributed by atoms with E-state index in [1.165, 1.54) is 0 Å². The van der Waals surface area contributed by atoms with Gasteiger partial charge < -0.3 is 10.6 Å². The van der Waals surface area contributed by atoms with Gasteiger partial charge in [-0.25, -0.2) is 4.98 Å². The van der Waals surface area contributed by atoms with E-state index in [1.54, 1.807) is 0 Å². The molecule has 2 heterocycles. The highest BCUT2D eigenvalue weighted by Gasteiger charge is 2.26. The van der Waals surface area contributed by atoms with Gasteiger partial charge >= 0.3 is 0 Å². The third-order valence-electron chi connectivity index (χ3n) is 4.27. The lowest BCUT2D eigenvalue weighted by Gasteiger charge is -2.36. The van der Waals surface area contributed by atoms with Crippen LogP contribution in [-0.2, 0) is 0 Å². The normalized spacial score (nSPS) is 23.1. The molecule has 2 aromatic rings. The molecule has 0 atom stereocenters. The van der Waals surface area contributed by atoms with Crippen LogP contribution in [-0.4, -0.2) is 38.2 Å². The molecule has 0 saturated heterocycles. The number of hydrogen-bond donors (Lipinski definition) is 1. The van der Waals surface area contributed by atoms with E-state index in [0.717, 1.165) is 49.5 Å². The maximum Gasteiger partial charge on any atom is 0.203 e. The minimum absolute atomic E-state index is 0.365. The predicted molar refractivity (Wildman–Crippen MR) is 78.8 cm³/mol. The van der Waals surface area contributed by atoms with Crippen LogP contribution in [0.15, 0.2) is 12.4 Å². The largest absolute Gasteiger partial charge is 0.351 e. The molecule has 1 saturated carbocycles. The van der Waals surface area contributed by atoms with Crippen molar-refractivity contribution in [2.24, 2.45) is 5.73 Å². The lowest BCUT2D eigenvalue weighted by Crippen LogP contribution is -2.41. The van der Waals surface area contributed by atoms with Gasteiger partial charge in [0, 0.05) is 31.0 Å². The van der Waals surface area contributed by atoms with Crippen molar-refractivity contribution in [1.29, 1.82) is 0 Å². The minimum atomic E-state index is 0.365. The van der Waals surface area contributed by atoms with Crippen molar-refractivity contribution >= 4 is 11.5 Å². The van der Waals surface area contributed by atoms with Crippen molar-refractivity contribution in [2.45, 2.75) is 51.6 Å². The zero-order valence-corrected chi connectivity index (χ0v) is 12.2. The number of aryl methyl sites for hydroxylation is 1. The molecule has 0 amide bonds. The lowest BCUT2D eigenvalue weighted by molar-refractivity contribution is 0.377. The number of hydrogen-bond acceptors (Lipinski definition) is 5. The number of fused-ring (bicyclic) bond motifs is 1. The van der Waals surface area contributed by atoms with Crippen LogP contribution in [0.3, 0.4) is 0 Å². The molecule has 2 N–H and O–H groups in total. The highest BCUT2D eigenvalue weighted by Crippen LogP contribution is 2.27. The Morgan fingerprint density at radius 3 is 2.75 bits per heavy atom. The number of nitrogens with two attached hydrogens (primary N) is 1. The summed E-state index contributed by atoms with van der Waals surface area (Å²) >= 11 is 0. The number of nitrogens with zero attached hydrogens (tertiary/aromatic N) is 5. The second-order valence-corrected chi connectivity index (χ2v) is 5.55. The van der Waals surface area contributed by atoms with Crippen molar-refractivity contribution in [1.82, 2.24) is 19.6 Å². The van der Waals surface area contributed by atoms with Crippen LogP contribution >= 0.6 is 0 Å². The van der Waals surface area contributed by atoms with Gasteiger partial charge in [-0.05, 0) is 39.5 Å². The van der Waals surface area contributed by atoms with Gasteiger partial charge in [0.25, 0.3) is 0 Å². The summed E-state index contributed by atoms with van der Waals surface area (Å²) in [6, 6.07) is 0.875. The van der Waals surface area contributed by atoms with E-state index in [-0.39, 0.29) is 0 Å². The molecule has 0 aliphatic heterocycles. The first-order valence-electron chi connectivity index (χ1n) is 7.39. The van der Waals surface area contributed by atoms with Gasteiger partial charge in [0.2, 0.25) is 5.65 Å². The summed E-state index contributed by atoms with van der Waals surface area (Å²) in [5.74, 6) is 1.83. The molecule has 1 fully saturated rings. The monoisotopic (exact) mass is 274 g/mol. The molecule has 0 spiro atoms. The van der Waals surface area contributed by atoms with E-state index in [0.29, 0.717) is 12.1 Å². The van der Waals surface area contributed by atoms with Gasteiger partial charge in [-0.2, -0.15) is 0 Å². The predicted octanol–water partition coefficient (Wildman–Crippen LogP) is 1.53. The highest BCUT2D eigenvalue weighted by atomic mass is 15.3. The smallest absolute Gasteiger partial charge is 0.203 e. The van der Waals surface area contributed by atoms with Crippen LogP contribution < -0.4 is 10.6 Å². The Bertz CT molecular complexity index is 584. The second-order valence-electron chi connectivity index (χ2n) is 5.55. The van der Waals surface area contributed by atoms with Crippen molar-refractivity contribution < 1.29 is 0 Å². The molecule has 0 bridgehead atoms. The Balaban J connectivity index is 1.95. The van der Waals surface area contributed by atoms with Crippen molar-refractivity contribution in [3.05, 3.63) is 18.2 Å². The fourth-order valence-electron chi connectivity index (χ4n) is 3.13. The fourth-order valence-corrected chi connectivity index (χ4v) is 3.13. The zero-order chi connectivity index (χ0) is 14.1. The van der Waals surface area contributed by atoms with Gasteiger partial charge in [-0.15, -0.1) is 10.2 Å². The van der Waals surface area contributed by atoms with Crippen LogP contribution in [0.4, 0.5) is 5.82 Å². The first-order chi connectivity index (χ1) is 9.70. The minimum Gasteiger partial charge on any atom is -0.351 e. The maximum absolute atomic E-state index is 6.01. The van der Waals surface area contributed by atoms with Gasteiger partial charge in [0.15, 0.2) is 5.82 Å². The average molecular weight is 274 g/mol. The van der Waals surface area contributed by atoms with E-state index in [4.69, 9.17) is 5.73 Å². The SMILES string of the molecule is CCN(c1nccn2c(C)nnc12)C1CCC(N)CC1. The summed E-state index contributed by atoms with van der Waals surface area (Å²) in [6.45, 7) is 5.06. The van der Waals surface area contributed by atoms with Crippen LogP contribution in [0, 0.1) is 6.92 Å². The summed E-state index contributed by atoms with van der Waals surface area (Å²) in [7, 11) is 0. The van der Waals surface area contributed by atoms with E-state index in [2.05, 4.69) is 27.0 Å². The zero-order valence-electron chi connectivity index (χ0n) is 12.2. The summed E-state index contributed by atoms with van der Waals surface area (Å²) in [5.41, 5.74) is 6.86. The van der Waals surface area contributed by atoms with Crippen molar-refractivity contribution in [3.63, 3.8) is 0 Å². The molecule has 1 aliphatic rings. The molecular weight excluding hydrogens is 252 g/mol. The molecule has 1 aliphatic carbocycles. The Hall–Kier alpha value is -1.69. The summed E-state index contributed by atoms with van der Waals surface area (Å²) in [5, 5.41) is 8.44. The topological polar surface area (TPSA) is 72.3 Å². The van der Waals surface area contributed by atoms with Crippen molar-refractivity contribution in [2.75, 3.05) is 11.4 Å². The Kier molecular flexibility index (Phi) is 3.56. The molecule has 6 nitrogen and oxygen atoms in total. The van der Waals surface area contributed by atoms with Crippen LogP contribution in [0.25, 0.3) is 5.65 Å². The van der Waals surface area contributed by atoms with E-state index in [1.807, 2.05) is 23.7 Å². The summed E-state index contributed by atoms with van der Waals surface area (Å²) < 4.78 is 2.00. The molecule has 0 radical (unpaired) electrons. The van der Waals surface area contributed by atoms with Gasteiger partial charge in [-0.3, -0.25) is 4.40 Å². The van der Waals surface area contributed by atoms with E-state index < -0.39 is 0 Å². The molecule has 108 valence electrons. The van der Waals surface area contributed by atoms with E-state index in [9.17, 15) is 0 Å². The molecule has 3 rings (SSSR count). The number of aromatic nitrogens is 4. The molecule has 0 aromatic carbocycles. The van der Waals surface area contributed by atoms with Crippen molar-refractivity contribution in [3.8, 4) is 0 Å². The highest BCUT2D eigenvalue weighted by molar-refractivity contribution is 5.64. The first kappa shape index (κ1) is 13.3. The molecule has 20 heavy (non-hydrogen) atoms. The Morgan fingerprint density at radius 2 is 2.05 bits per heavy atom. The number of anilines is 1. The Labute approximate surface area is 119 Å². The first-order valence-corrected chi connectivity index (χ1v) is 7.39. The van der Waals surface area contributed by atoms with Gasteiger partial charge in [0.05, 0.1) is 0 Å². The molecular formula is C14H22N6. The second kappa shape index (κ2) is 5.36. The standard InChI is InChI=1S/C14H22N6/c1-3-19(12-6-4-11(15)5-7-12)13-14-18-17-10(2)20(14)9-8-16-13/h8-9,11-12H,3-7,15H2,1-2H3. The third kappa shape index (κ3) is 2.24. The maximum atomic E-state index is 6.01. The lowest BCUT2D eigenvalue weighted by atomic mass is 9.91. The van der Waals surface area contributed by atoms with Gasteiger partial charge in [-0.1, -0.05) is 0 Å². The quantitative estimate of drug-likeness (QED) is 0.919.